The fraction of sp³-hybridized carbons (Fsp3) is 0.667. The Morgan fingerprint density at radius 1 is 1.21 bits per heavy atom. The molecule has 0 aromatic carbocycles. The SMILES string of the molecule is CSC(=NC(=O)OC(C)(C)C)NC(=O)CCC(C)=O. The van der Waals surface area contributed by atoms with Gasteiger partial charge in [0.1, 0.15) is 11.4 Å². The summed E-state index contributed by atoms with van der Waals surface area (Å²) < 4.78 is 5.00. The van der Waals surface area contributed by atoms with E-state index in [4.69, 9.17) is 4.74 Å². The van der Waals surface area contributed by atoms with Crippen molar-refractivity contribution in [1.29, 1.82) is 0 Å². The van der Waals surface area contributed by atoms with Crippen molar-refractivity contribution in [3.8, 4) is 0 Å². The van der Waals surface area contributed by atoms with Crippen molar-refractivity contribution in [2.24, 2.45) is 4.99 Å². The predicted octanol–water partition coefficient (Wildman–Crippen LogP) is 2.13. The maximum Gasteiger partial charge on any atom is 0.436 e. The van der Waals surface area contributed by atoms with Crippen molar-refractivity contribution in [2.75, 3.05) is 6.26 Å². The van der Waals surface area contributed by atoms with Gasteiger partial charge in [0.2, 0.25) is 5.91 Å². The van der Waals surface area contributed by atoms with Gasteiger partial charge in [-0.1, -0.05) is 11.8 Å². The highest BCUT2D eigenvalue weighted by atomic mass is 32.2. The van der Waals surface area contributed by atoms with E-state index in [9.17, 15) is 14.4 Å². The lowest BCUT2D eigenvalue weighted by molar-refractivity contribution is -0.123. The van der Waals surface area contributed by atoms with Gasteiger partial charge in [0.05, 0.1) is 0 Å². The summed E-state index contributed by atoms with van der Waals surface area (Å²) >= 11 is 1.12. The molecule has 0 aromatic heterocycles. The van der Waals surface area contributed by atoms with Crippen LogP contribution in [-0.2, 0) is 14.3 Å². The molecule has 0 saturated heterocycles. The number of rotatable bonds is 3. The fourth-order valence-electron chi connectivity index (χ4n) is 0.964. The van der Waals surface area contributed by atoms with Gasteiger partial charge < -0.3 is 14.8 Å². The molecule has 2 amide bonds. The first kappa shape index (κ1) is 17.6. The third-order valence-electron chi connectivity index (χ3n) is 1.73. The lowest BCUT2D eigenvalue weighted by Gasteiger charge is -2.17. The molecule has 0 bridgehead atoms. The molecule has 0 aliphatic carbocycles. The largest absolute Gasteiger partial charge is 0.442 e. The van der Waals surface area contributed by atoms with Crippen LogP contribution in [0, 0.1) is 0 Å². The van der Waals surface area contributed by atoms with Gasteiger partial charge in [0.15, 0.2) is 5.17 Å². The molecule has 0 aromatic rings. The van der Waals surface area contributed by atoms with Crippen LogP contribution >= 0.6 is 11.8 Å². The Bertz CT molecular complexity index is 386. The molecule has 7 heteroatoms. The number of thioether (sulfide) groups is 1. The first-order valence-corrected chi connectivity index (χ1v) is 7.01. The van der Waals surface area contributed by atoms with E-state index >= 15 is 0 Å². The number of nitrogens with one attached hydrogen (secondary N) is 1. The normalized spacial score (nSPS) is 11.9. The minimum atomic E-state index is -0.760. The van der Waals surface area contributed by atoms with Gasteiger partial charge in [-0.25, -0.2) is 4.79 Å². The highest BCUT2D eigenvalue weighted by Gasteiger charge is 2.17. The van der Waals surface area contributed by atoms with Crippen LogP contribution in [0.25, 0.3) is 0 Å². The fourth-order valence-corrected chi connectivity index (χ4v) is 1.35. The molecule has 0 heterocycles. The van der Waals surface area contributed by atoms with Crippen molar-refractivity contribution in [2.45, 2.75) is 46.1 Å². The Hall–Kier alpha value is -1.37. The molecule has 0 rings (SSSR count). The van der Waals surface area contributed by atoms with Crippen LogP contribution in [0.4, 0.5) is 4.79 Å². The molecule has 0 saturated carbocycles. The molecular formula is C12H20N2O4S. The van der Waals surface area contributed by atoms with Crippen LogP contribution in [0.15, 0.2) is 4.99 Å². The van der Waals surface area contributed by atoms with E-state index in [1.165, 1.54) is 6.92 Å². The van der Waals surface area contributed by atoms with Crippen LogP contribution in [0.3, 0.4) is 0 Å². The van der Waals surface area contributed by atoms with E-state index < -0.39 is 11.7 Å². The first-order valence-electron chi connectivity index (χ1n) is 5.79. The minimum Gasteiger partial charge on any atom is -0.442 e. The molecule has 0 atom stereocenters. The Morgan fingerprint density at radius 2 is 1.79 bits per heavy atom. The zero-order valence-corrected chi connectivity index (χ0v) is 12.7. The molecule has 1 N–H and O–H groups in total. The van der Waals surface area contributed by atoms with Crippen LogP contribution in [0.2, 0.25) is 0 Å². The molecule has 6 nitrogen and oxygen atoms in total. The number of Topliss-reactive ketones (excluding diaryl/α,β-unsaturated/α-hetero) is 1. The van der Waals surface area contributed by atoms with Gasteiger partial charge in [-0.05, 0) is 34.0 Å². The van der Waals surface area contributed by atoms with E-state index in [1.807, 2.05) is 0 Å². The molecule has 0 spiro atoms. The average Bonchev–Trinajstić information content (AvgIpc) is 2.22. The van der Waals surface area contributed by atoms with Crippen molar-refractivity contribution in [3.63, 3.8) is 0 Å². The highest BCUT2D eigenvalue weighted by molar-refractivity contribution is 8.13. The number of hydrogen-bond donors (Lipinski definition) is 1. The zero-order chi connectivity index (χ0) is 15.1. The van der Waals surface area contributed by atoms with E-state index in [1.54, 1.807) is 27.0 Å². The smallest absolute Gasteiger partial charge is 0.436 e. The molecule has 0 radical (unpaired) electrons. The van der Waals surface area contributed by atoms with Crippen molar-refractivity contribution in [3.05, 3.63) is 0 Å². The lowest BCUT2D eigenvalue weighted by atomic mass is 10.2. The first-order chi connectivity index (χ1) is 8.64. The highest BCUT2D eigenvalue weighted by Crippen LogP contribution is 2.09. The summed E-state index contributed by atoms with van der Waals surface area (Å²) in [4.78, 5) is 37.3. The van der Waals surface area contributed by atoms with Gasteiger partial charge in [-0.15, -0.1) is 0 Å². The molecule has 0 fully saturated rings. The Morgan fingerprint density at radius 3 is 2.21 bits per heavy atom. The summed E-state index contributed by atoms with van der Waals surface area (Å²) in [5, 5.41) is 2.62. The van der Waals surface area contributed by atoms with E-state index in [-0.39, 0.29) is 29.7 Å². The predicted molar refractivity (Wildman–Crippen MR) is 75.2 cm³/mol. The van der Waals surface area contributed by atoms with Gasteiger partial charge >= 0.3 is 6.09 Å². The van der Waals surface area contributed by atoms with E-state index in [0.29, 0.717) is 0 Å². The van der Waals surface area contributed by atoms with Gasteiger partial charge in [0, 0.05) is 12.8 Å². The minimum absolute atomic E-state index is 0.0649. The summed E-state index contributed by atoms with van der Waals surface area (Å²) in [6.07, 6.45) is 1.15. The molecule has 108 valence electrons. The molecule has 0 aliphatic heterocycles. The maximum absolute atomic E-state index is 11.5. The van der Waals surface area contributed by atoms with Crippen molar-refractivity contribution in [1.82, 2.24) is 5.32 Å². The number of carbonyl (C=O) groups excluding carboxylic acids is 3. The van der Waals surface area contributed by atoms with Crippen LogP contribution < -0.4 is 5.32 Å². The quantitative estimate of drug-likeness (QED) is 0.635. The topological polar surface area (TPSA) is 84.8 Å². The van der Waals surface area contributed by atoms with Crippen LogP contribution in [0.5, 0.6) is 0 Å². The van der Waals surface area contributed by atoms with Gasteiger partial charge in [0.25, 0.3) is 0 Å². The maximum atomic E-state index is 11.5. The second-order valence-corrected chi connectivity index (χ2v) is 5.65. The lowest BCUT2D eigenvalue weighted by Crippen LogP contribution is -2.30. The third-order valence-corrected chi connectivity index (χ3v) is 2.31. The van der Waals surface area contributed by atoms with E-state index in [0.717, 1.165) is 11.8 Å². The number of hydrogen-bond acceptors (Lipinski definition) is 5. The van der Waals surface area contributed by atoms with E-state index in [2.05, 4.69) is 10.3 Å². The number of nitrogens with zero attached hydrogens (tertiary/aromatic N) is 1. The summed E-state index contributed by atoms with van der Waals surface area (Å²) in [6.45, 7) is 6.59. The van der Waals surface area contributed by atoms with Gasteiger partial charge in [-0.3, -0.25) is 4.79 Å². The summed E-state index contributed by atoms with van der Waals surface area (Å²) in [5.74, 6) is -0.420. The second-order valence-electron chi connectivity index (χ2n) is 4.85. The second kappa shape index (κ2) is 7.93. The van der Waals surface area contributed by atoms with Crippen molar-refractivity contribution < 1.29 is 19.1 Å². The molecule has 19 heavy (non-hydrogen) atoms. The standard InChI is InChI=1S/C12H20N2O4S/c1-8(15)6-7-9(16)13-10(19-5)14-11(17)18-12(2,3)4/h6-7H2,1-5H3,(H,13,14,16,17). The van der Waals surface area contributed by atoms with Gasteiger partial charge in [-0.2, -0.15) is 4.99 Å². The number of ketones is 1. The number of carbonyl (C=O) groups is 3. The Balaban J connectivity index is 4.44. The zero-order valence-electron chi connectivity index (χ0n) is 11.9. The third kappa shape index (κ3) is 10.3. The number of amides is 2. The monoisotopic (exact) mass is 288 g/mol. The molecule has 0 aliphatic rings. The molecule has 0 unspecified atom stereocenters. The average molecular weight is 288 g/mol. The van der Waals surface area contributed by atoms with Crippen LogP contribution in [-0.4, -0.2) is 34.8 Å². The summed E-state index contributed by atoms with van der Waals surface area (Å²) in [7, 11) is 0. The number of aliphatic imine (C=N–C) groups is 1. The Kier molecular flexibility index (Phi) is 7.36. The summed E-state index contributed by atoms with van der Waals surface area (Å²) in [6, 6.07) is 0. The summed E-state index contributed by atoms with van der Waals surface area (Å²) in [5.41, 5.74) is -0.636. The molecular weight excluding hydrogens is 268 g/mol. The number of ether oxygens (including phenoxy) is 1. The Labute approximate surface area is 117 Å². The van der Waals surface area contributed by atoms with Crippen molar-refractivity contribution >= 4 is 34.7 Å². The van der Waals surface area contributed by atoms with Crippen LogP contribution in [0.1, 0.15) is 40.5 Å². The number of amidine groups is 1.